The molecule has 0 amide bonds. The molecule has 6 heteroatoms. The van der Waals surface area contributed by atoms with Crippen molar-refractivity contribution in [2.24, 2.45) is 0 Å². The minimum Gasteiger partial charge on any atom is -0.463 e. The second-order valence-electron chi connectivity index (χ2n) is 5.37. The fourth-order valence-corrected chi connectivity index (χ4v) is 2.57. The Morgan fingerprint density at radius 3 is 2.26 bits per heavy atom. The van der Waals surface area contributed by atoms with E-state index in [-0.39, 0.29) is 25.4 Å². The fourth-order valence-electron chi connectivity index (χ4n) is 2.57. The van der Waals surface area contributed by atoms with Crippen LogP contribution in [0.3, 0.4) is 0 Å². The van der Waals surface area contributed by atoms with Gasteiger partial charge in [0.25, 0.3) is 0 Å². The van der Waals surface area contributed by atoms with E-state index in [0.29, 0.717) is 17.7 Å². The first-order chi connectivity index (χ1) is 10.9. The van der Waals surface area contributed by atoms with Gasteiger partial charge < -0.3 is 14.2 Å². The standard InChI is InChI=1S/C17H20O6/c1-4-21-15(19)17(16(20)22-5-2)10-13-9-12(8-11(3)18)6-7-14(13)23-17/h6-7,9H,4-5,8,10H2,1-3H3. The van der Waals surface area contributed by atoms with Crippen molar-refractivity contribution in [2.75, 3.05) is 13.2 Å². The van der Waals surface area contributed by atoms with Gasteiger partial charge in [-0.05, 0) is 38.0 Å². The van der Waals surface area contributed by atoms with Crippen LogP contribution in [-0.2, 0) is 36.7 Å². The van der Waals surface area contributed by atoms with Gasteiger partial charge >= 0.3 is 17.5 Å². The summed E-state index contributed by atoms with van der Waals surface area (Å²) in [6.45, 7) is 5.09. The Morgan fingerprint density at radius 1 is 1.13 bits per heavy atom. The lowest BCUT2D eigenvalue weighted by molar-refractivity contribution is -0.177. The van der Waals surface area contributed by atoms with E-state index in [9.17, 15) is 14.4 Å². The largest absolute Gasteiger partial charge is 0.463 e. The van der Waals surface area contributed by atoms with Crippen molar-refractivity contribution in [3.8, 4) is 5.75 Å². The summed E-state index contributed by atoms with van der Waals surface area (Å²) in [5.74, 6) is -1.06. The van der Waals surface area contributed by atoms with Crippen LogP contribution in [0.25, 0.3) is 0 Å². The van der Waals surface area contributed by atoms with Gasteiger partial charge in [0.1, 0.15) is 11.5 Å². The van der Waals surface area contributed by atoms with E-state index in [1.807, 2.05) is 0 Å². The molecule has 1 heterocycles. The lowest BCUT2D eigenvalue weighted by Crippen LogP contribution is -2.53. The van der Waals surface area contributed by atoms with Gasteiger partial charge in [-0.15, -0.1) is 0 Å². The molecule has 6 nitrogen and oxygen atoms in total. The van der Waals surface area contributed by atoms with E-state index in [1.54, 1.807) is 32.0 Å². The van der Waals surface area contributed by atoms with Crippen LogP contribution in [0.4, 0.5) is 0 Å². The number of hydrogen-bond acceptors (Lipinski definition) is 6. The van der Waals surface area contributed by atoms with Gasteiger partial charge in [-0.3, -0.25) is 4.79 Å². The van der Waals surface area contributed by atoms with E-state index in [4.69, 9.17) is 14.2 Å². The van der Waals surface area contributed by atoms with Gasteiger partial charge in [-0.25, -0.2) is 9.59 Å². The number of rotatable bonds is 6. The first-order valence-corrected chi connectivity index (χ1v) is 7.57. The molecule has 124 valence electrons. The molecule has 0 radical (unpaired) electrons. The number of carbonyl (C=O) groups is 3. The maximum atomic E-state index is 12.3. The van der Waals surface area contributed by atoms with Crippen molar-refractivity contribution in [3.63, 3.8) is 0 Å². The molecule has 0 spiro atoms. The highest BCUT2D eigenvalue weighted by molar-refractivity contribution is 6.05. The summed E-state index contributed by atoms with van der Waals surface area (Å²) in [5, 5.41) is 0. The van der Waals surface area contributed by atoms with Crippen molar-refractivity contribution >= 4 is 17.7 Å². The first kappa shape index (κ1) is 17.0. The number of esters is 2. The lowest BCUT2D eigenvalue weighted by atomic mass is 9.95. The predicted molar refractivity (Wildman–Crippen MR) is 81.2 cm³/mol. The normalized spacial score (nSPS) is 14.6. The summed E-state index contributed by atoms with van der Waals surface area (Å²) in [5.41, 5.74) is -0.309. The third-order valence-corrected chi connectivity index (χ3v) is 3.51. The molecule has 1 aromatic rings. The molecule has 0 unspecified atom stereocenters. The number of Topliss-reactive ketones (excluding diaryl/α,β-unsaturated/α-hetero) is 1. The van der Waals surface area contributed by atoms with Gasteiger partial charge in [0.15, 0.2) is 0 Å². The van der Waals surface area contributed by atoms with Crippen LogP contribution in [0.15, 0.2) is 18.2 Å². The molecule has 0 atom stereocenters. The summed E-state index contributed by atoms with van der Waals surface area (Å²) in [6, 6.07) is 5.18. The zero-order chi connectivity index (χ0) is 17.0. The predicted octanol–water partition coefficient (Wildman–Crippen LogP) is 1.62. The maximum absolute atomic E-state index is 12.3. The Labute approximate surface area is 134 Å². The van der Waals surface area contributed by atoms with Crippen LogP contribution >= 0.6 is 0 Å². The Kier molecular flexibility index (Phi) is 5.03. The number of hydrogen-bond donors (Lipinski definition) is 0. The van der Waals surface area contributed by atoms with Crippen molar-refractivity contribution in [2.45, 2.75) is 39.2 Å². The molecule has 0 saturated carbocycles. The summed E-state index contributed by atoms with van der Waals surface area (Å²) in [4.78, 5) is 35.9. The minimum atomic E-state index is -1.80. The molecule has 23 heavy (non-hydrogen) atoms. The highest BCUT2D eigenvalue weighted by Gasteiger charge is 2.56. The maximum Gasteiger partial charge on any atom is 0.362 e. The third kappa shape index (κ3) is 3.36. The number of ketones is 1. The SMILES string of the molecule is CCOC(=O)C1(C(=O)OCC)Cc2cc(CC(C)=O)ccc2O1. The molecular weight excluding hydrogens is 300 g/mol. The van der Waals surface area contributed by atoms with Crippen molar-refractivity contribution < 1.29 is 28.6 Å². The topological polar surface area (TPSA) is 78.9 Å². The molecule has 2 rings (SSSR count). The summed E-state index contributed by atoms with van der Waals surface area (Å²) < 4.78 is 15.7. The van der Waals surface area contributed by atoms with Gasteiger partial charge in [-0.2, -0.15) is 0 Å². The number of fused-ring (bicyclic) bond motifs is 1. The highest BCUT2D eigenvalue weighted by Crippen LogP contribution is 2.37. The Balaban J connectivity index is 2.34. The summed E-state index contributed by atoms with van der Waals surface area (Å²) >= 11 is 0. The molecular formula is C17H20O6. The van der Waals surface area contributed by atoms with E-state index >= 15 is 0 Å². The molecule has 1 aliphatic rings. The van der Waals surface area contributed by atoms with Crippen LogP contribution in [0.2, 0.25) is 0 Å². The van der Waals surface area contributed by atoms with Gasteiger partial charge in [0.2, 0.25) is 0 Å². The van der Waals surface area contributed by atoms with Crippen molar-refractivity contribution in [3.05, 3.63) is 29.3 Å². The Morgan fingerprint density at radius 2 is 1.74 bits per heavy atom. The third-order valence-electron chi connectivity index (χ3n) is 3.51. The summed E-state index contributed by atoms with van der Waals surface area (Å²) in [7, 11) is 0. The first-order valence-electron chi connectivity index (χ1n) is 7.57. The van der Waals surface area contributed by atoms with Crippen molar-refractivity contribution in [1.29, 1.82) is 0 Å². The molecule has 0 N–H and O–H groups in total. The molecule has 1 aliphatic heterocycles. The van der Waals surface area contributed by atoms with Crippen molar-refractivity contribution in [1.82, 2.24) is 0 Å². The van der Waals surface area contributed by atoms with E-state index in [0.717, 1.165) is 5.56 Å². The Hall–Kier alpha value is -2.37. The fraction of sp³-hybridized carbons (Fsp3) is 0.471. The zero-order valence-corrected chi connectivity index (χ0v) is 13.5. The highest BCUT2D eigenvalue weighted by atomic mass is 16.6. The van der Waals surface area contributed by atoms with Crippen LogP contribution in [0.5, 0.6) is 5.75 Å². The van der Waals surface area contributed by atoms with E-state index in [1.165, 1.54) is 6.92 Å². The molecule has 0 fully saturated rings. The average Bonchev–Trinajstić information content (AvgIpc) is 2.87. The quantitative estimate of drug-likeness (QED) is 0.585. The molecule has 0 aromatic heterocycles. The average molecular weight is 320 g/mol. The van der Waals surface area contributed by atoms with E-state index < -0.39 is 17.5 Å². The zero-order valence-electron chi connectivity index (χ0n) is 13.5. The van der Waals surface area contributed by atoms with Crippen LogP contribution in [-0.4, -0.2) is 36.5 Å². The lowest BCUT2D eigenvalue weighted by Gasteiger charge is -2.23. The Bertz CT molecular complexity index is 616. The number of ether oxygens (including phenoxy) is 3. The van der Waals surface area contributed by atoms with Crippen LogP contribution in [0.1, 0.15) is 31.9 Å². The van der Waals surface area contributed by atoms with E-state index in [2.05, 4.69) is 0 Å². The minimum absolute atomic E-state index is 0.0333. The number of benzene rings is 1. The molecule has 0 aliphatic carbocycles. The smallest absolute Gasteiger partial charge is 0.362 e. The van der Waals surface area contributed by atoms with Gasteiger partial charge in [0, 0.05) is 12.8 Å². The molecule has 0 bridgehead atoms. The monoisotopic (exact) mass is 320 g/mol. The summed E-state index contributed by atoms with van der Waals surface area (Å²) in [6.07, 6.45) is 0.324. The van der Waals surface area contributed by atoms with Gasteiger partial charge in [0.05, 0.1) is 13.2 Å². The molecule has 0 saturated heterocycles. The second kappa shape index (κ2) is 6.81. The number of carbonyl (C=O) groups excluding carboxylic acids is 3. The van der Waals surface area contributed by atoms with Crippen LogP contribution in [0, 0.1) is 0 Å². The second-order valence-corrected chi connectivity index (χ2v) is 5.37. The molecule has 1 aromatic carbocycles. The van der Waals surface area contributed by atoms with Crippen LogP contribution < -0.4 is 4.74 Å². The van der Waals surface area contributed by atoms with Gasteiger partial charge in [-0.1, -0.05) is 12.1 Å².